The molecule has 0 aliphatic rings. The van der Waals surface area contributed by atoms with Crippen molar-refractivity contribution in [2.45, 2.75) is 6.54 Å². The molecule has 3 heterocycles. The maximum Gasteiger partial charge on any atom is 0.270 e. The first-order valence-corrected chi connectivity index (χ1v) is 9.61. The van der Waals surface area contributed by atoms with Crippen LogP contribution in [0.25, 0.3) is 11.5 Å². The minimum absolute atomic E-state index is 0.0341. The summed E-state index contributed by atoms with van der Waals surface area (Å²) in [5, 5.41) is 14.7. The Kier molecular flexibility index (Phi) is 5.55. The quantitative estimate of drug-likeness (QED) is 0.459. The van der Waals surface area contributed by atoms with Gasteiger partial charge in [0.1, 0.15) is 21.7 Å². The molecule has 1 N–H and O–H groups in total. The third-order valence-electron chi connectivity index (χ3n) is 3.99. The van der Waals surface area contributed by atoms with Crippen LogP contribution in [0.3, 0.4) is 0 Å². The second-order valence-corrected chi connectivity index (χ2v) is 7.20. The summed E-state index contributed by atoms with van der Waals surface area (Å²) < 4.78 is 30.5. The predicted molar refractivity (Wildman–Crippen MR) is 107 cm³/mol. The van der Waals surface area contributed by atoms with Gasteiger partial charge >= 0.3 is 0 Å². The van der Waals surface area contributed by atoms with Crippen molar-refractivity contribution in [1.29, 1.82) is 0 Å². The number of carbonyl (C=O) groups excluding carboxylic acids is 1. The first-order chi connectivity index (χ1) is 14.4. The lowest BCUT2D eigenvalue weighted by Crippen LogP contribution is -2.26. The van der Waals surface area contributed by atoms with Crippen LogP contribution in [0.15, 0.2) is 53.4 Å². The second-order valence-electron chi connectivity index (χ2n) is 5.98. The molecule has 152 valence electrons. The number of nitrogens with one attached hydrogen (secondary N) is 1. The first kappa shape index (κ1) is 20.1. The Labute approximate surface area is 181 Å². The highest BCUT2D eigenvalue weighted by Crippen LogP contribution is 2.21. The molecule has 1 aromatic carbocycles. The maximum absolute atomic E-state index is 13.9. The summed E-state index contributed by atoms with van der Waals surface area (Å²) in [7, 11) is 0. The van der Waals surface area contributed by atoms with Crippen LogP contribution in [0.2, 0.25) is 5.02 Å². The molecule has 30 heavy (non-hydrogen) atoms. The van der Waals surface area contributed by atoms with Gasteiger partial charge in [-0.25, -0.2) is 23.1 Å². The lowest BCUT2D eigenvalue weighted by atomic mass is 10.3. The van der Waals surface area contributed by atoms with Gasteiger partial charge < -0.3 is 5.32 Å². The number of nitrogens with zero attached hydrogens (tertiary/aromatic N) is 6. The van der Waals surface area contributed by atoms with E-state index in [0.29, 0.717) is 15.3 Å². The second kappa shape index (κ2) is 8.28. The number of hydrogen-bond acceptors (Lipinski definition) is 5. The summed E-state index contributed by atoms with van der Waals surface area (Å²) in [6, 6.07) is 8.27. The topological polar surface area (TPSA) is 90.5 Å². The monoisotopic (exact) mass is 493 g/mol. The van der Waals surface area contributed by atoms with E-state index in [4.69, 9.17) is 11.6 Å². The largest absolute Gasteiger partial charge is 0.345 e. The summed E-state index contributed by atoms with van der Waals surface area (Å²) in [6.45, 7) is -0.0341. The lowest BCUT2D eigenvalue weighted by molar-refractivity contribution is 0.0942. The fourth-order valence-electron chi connectivity index (χ4n) is 2.67. The van der Waals surface area contributed by atoms with Crippen LogP contribution in [0, 0.1) is 11.6 Å². The van der Waals surface area contributed by atoms with Crippen LogP contribution >= 0.6 is 27.5 Å². The van der Waals surface area contributed by atoms with Gasteiger partial charge in [-0.1, -0.05) is 22.9 Å². The van der Waals surface area contributed by atoms with Gasteiger partial charge in [0, 0.05) is 12.3 Å². The molecular formula is C18H11BrClF2N7O. The van der Waals surface area contributed by atoms with Crippen LogP contribution in [0.1, 0.15) is 16.2 Å². The van der Waals surface area contributed by atoms with E-state index in [2.05, 4.69) is 41.6 Å². The van der Waals surface area contributed by atoms with E-state index in [1.54, 1.807) is 12.1 Å². The van der Waals surface area contributed by atoms with E-state index < -0.39 is 17.5 Å². The average molecular weight is 495 g/mol. The zero-order chi connectivity index (χ0) is 21.3. The molecule has 0 saturated carbocycles. The van der Waals surface area contributed by atoms with Gasteiger partial charge in [-0.3, -0.25) is 4.79 Å². The number of para-hydroxylation sites is 1. The van der Waals surface area contributed by atoms with Crippen LogP contribution in [-0.2, 0) is 6.54 Å². The van der Waals surface area contributed by atoms with Crippen LogP contribution < -0.4 is 5.32 Å². The van der Waals surface area contributed by atoms with Crippen molar-refractivity contribution in [3.05, 3.63) is 81.4 Å². The number of carbonyl (C=O) groups is 1. The molecule has 1 amide bonds. The molecule has 0 aliphatic heterocycles. The maximum atomic E-state index is 13.9. The van der Waals surface area contributed by atoms with Crippen LogP contribution in [0.4, 0.5) is 8.78 Å². The van der Waals surface area contributed by atoms with E-state index in [9.17, 15) is 13.6 Å². The summed E-state index contributed by atoms with van der Waals surface area (Å²) in [4.78, 5) is 16.8. The van der Waals surface area contributed by atoms with Gasteiger partial charge in [-0.2, -0.15) is 5.10 Å². The molecule has 0 bridgehead atoms. The molecule has 0 atom stereocenters. The van der Waals surface area contributed by atoms with E-state index >= 15 is 0 Å². The summed E-state index contributed by atoms with van der Waals surface area (Å²) >= 11 is 9.38. The van der Waals surface area contributed by atoms with Crippen molar-refractivity contribution < 1.29 is 13.6 Å². The van der Waals surface area contributed by atoms with Crippen molar-refractivity contribution in [2.75, 3.05) is 0 Å². The SMILES string of the molecule is O=C(NCc1cn(-c2c(F)cccc2F)nn1)c1cc(Br)nn1-c1ncccc1Cl. The molecule has 0 aliphatic carbocycles. The van der Waals surface area contributed by atoms with Gasteiger partial charge in [-0.05, 0) is 40.2 Å². The molecule has 0 unspecified atom stereocenters. The number of hydrogen-bond donors (Lipinski definition) is 1. The summed E-state index contributed by atoms with van der Waals surface area (Å²) in [6.07, 6.45) is 2.85. The molecule has 0 radical (unpaired) electrons. The molecule has 4 aromatic rings. The number of aromatic nitrogens is 6. The Hall–Kier alpha value is -3.18. The zero-order valence-electron chi connectivity index (χ0n) is 14.9. The smallest absolute Gasteiger partial charge is 0.270 e. The molecule has 0 saturated heterocycles. The van der Waals surface area contributed by atoms with E-state index in [0.717, 1.165) is 16.8 Å². The molecular weight excluding hydrogens is 484 g/mol. The third-order valence-corrected chi connectivity index (χ3v) is 4.67. The highest BCUT2D eigenvalue weighted by Gasteiger charge is 2.19. The number of rotatable bonds is 5. The standard InChI is InChI=1S/C18H11BrClF2N7O/c19-15-7-14(29(26-15)17-11(20)3-2-6-23-17)18(30)24-8-10-9-28(27-25-10)16-12(21)4-1-5-13(16)22/h1-7,9H,8H2,(H,24,30). The fourth-order valence-corrected chi connectivity index (χ4v) is 3.24. The summed E-state index contributed by atoms with van der Waals surface area (Å²) in [5.74, 6) is -1.76. The highest BCUT2D eigenvalue weighted by atomic mass is 79.9. The number of halogens is 4. The Balaban J connectivity index is 1.53. The zero-order valence-corrected chi connectivity index (χ0v) is 17.3. The highest BCUT2D eigenvalue weighted by molar-refractivity contribution is 9.10. The van der Waals surface area contributed by atoms with Crippen molar-refractivity contribution in [3.63, 3.8) is 0 Å². The number of benzene rings is 1. The van der Waals surface area contributed by atoms with Crippen molar-refractivity contribution in [2.24, 2.45) is 0 Å². The average Bonchev–Trinajstić information content (AvgIpc) is 3.33. The lowest BCUT2D eigenvalue weighted by Gasteiger charge is -2.08. The van der Waals surface area contributed by atoms with E-state index in [-0.39, 0.29) is 23.7 Å². The van der Waals surface area contributed by atoms with Crippen LogP contribution in [0.5, 0.6) is 0 Å². The molecule has 3 aromatic heterocycles. The van der Waals surface area contributed by atoms with Gasteiger partial charge in [0.25, 0.3) is 5.91 Å². The van der Waals surface area contributed by atoms with E-state index in [1.165, 1.54) is 29.2 Å². The van der Waals surface area contributed by atoms with Crippen LogP contribution in [-0.4, -0.2) is 35.7 Å². The van der Waals surface area contributed by atoms with Gasteiger partial charge in [0.15, 0.2) is 17.5 Å². The summed E-state index contributed by atoms with van der Waals surface area (Å²) in [5.41, 5.74) is 0.122. The predicted octanol–water partition coefficient (Wildman–Crippen LogP) is 3.47. The van der Waals surface area contributed by atoms with Crippen molar-refractivity contribution in [1.82, 2.24) is 35.1 Å². The van der Waals surface area contributed by atoms with Gasteiger partial charge in [-0.15, -0.1) is 5.10 Å². The molecule has 12 heteroatoms. The first-order valence-electron chi connectivity index (χ1n) is 8.44. The Morgan fingerprint density at radius 2 is 1.97 bits per heavy atom. The van der Waals surface area contributed by atoms with Crippen molar-refractivity contribution >= 4 is 33.4 Å². The Morgan fingerprint density at radius 1 is 1.20 bits per heavy atom. The molecule has 8 nitrogen and oxygen atoms in total. The minimum atomic E-state index is -0.781. The van der Waals surface area contributed by atoms with E-state index in [1.807, 2.05) is 0 Å². The Morgan fingerprint density at radius 3 is 2.70 bits per heavy atom. The molecule has 4 rings (SSSR count). The van der Waals surface area contributed by atoms with Crippen molar-refractivity contribution in [3.8, 4) is 11.5 Å². The number of pyridine rings is 1. The fraction of sp³-hybridized carbons (Fsp3) is 0.0556. The molecule has 0 fully saturated rings. The third kappa shape index (κ3) is 3.94. The number of amides is 1. The van der Waals surface area contributed by atoms with Gasteiger partial charge in [0.05, 0.1) is 17.8 Å². The normalized spacial score (nSPS) is 10.9. The van der Waals surface area contributed by atoms with Gasteiger partial charge in [0.2, 0.25) is 0 Å². The molecule has 0 spiro atoms. The minimum Gasteiger partial charge on any atom is -0.345 e. The Bertz CT molecular complexity index is 1220.